The fraction of sp³-hybridized carbons (Fsp3) is 0.615. The Morgan fingerprint density at radius 3 is 2.57 bits per heavy atom. The van der Waals surface area contributed by atoms with Gasteiger partial charge in [0.2, 0.25) is 0 Å². The van der Waals surface area contributed by atoms with Gasteiger partial charge < -0.3 is 4.79 Å². The quantitative estimate of drug-likeness (QED) is 0.484. The summed E-state index contributed by atoms with van der Waals surface area (Å²) in [6, 6.07) is 0. The van der Waals surface area contributed by atoms with Crippen molar-refractivity contribution in [1.82, 2.24) is 0 Å². The van der Waals surface area contributed by atoms with E-state index >= 15 is 0 Å². The standard InChI is InChI=1S/C13H20O/c1-9(2)12-6-11(8-14)10(3)7-13(12,4)5/h6,8-9,11H,3,7H2,1-2,4-5H3. The van der Waals surface area contributed by atoms with Crippen LogP contribution in [0.15, 0.2) is 23.8 Å². The van der Waals surface area contributed by atoms with Crippen molar-refractivity contribution < 1.29 is 4.79 Å². The summed E-state index contributed by atoms with van der Waals surface area (Å²) < 4.78 is 0. The van der Waals surface area contributed by atoms with E-state index in [0.717, 1.165) is 18.3 Å². The van der Waals surface area contributed by atoms with E-state index in [-0.39, 0.29) is 11.3 Å². The fourth-order valence-electron chi connectivity index (χ4n) is 2.43. The number of aldehydes is 1. The first-order valence-corrected chi connectivity index (χ1v) is 5.23. The van der Waals surface area contributed by atoms with Crippen molar-refractivity contribution in [2.45, 2.75) is 34.1 Å². The number of rotatable bonds is 2. The predicted octanol–water partition coefficient (Wildman–Crippen LogP) is 3.37. The van der Waals surface area contributed by atoms with Gasteiger partial charge in [0, 0.05) is 0 Å². The smallest absolute Gasteiger partial charge is 0.130 e. The van der Waals surface area contributed by atoms with Crippen molar-refractivity contribution in [3.8, 4) is 0 Å². The highest BCUT2D eigenvalue weighted by Gasteiger charge is 2.32. The van der Waals surface area contributed by atoms with Gasteiger partial charge in [0.25, 0.3) is 0 Å². The molecular weight excluding hydrogens is 172 g/mol. The molecule has 0 saturated heterocycles. The van der Waals surface area contributed by atoms with E-state index in [1.54, 1.807) is 0 Å². The van der Waals surface area contributed by atoms with Gasteiger partial charge in [-0.15, -0.1) is 0 Å². The first-order chi connectivity index (χ1) is 6.38. The van der Waals surface area contributed by atoms with Gasteiger partial charge in [0.15, 0.2) is 0 Å². The minimum Gasteiger partial charge on any atom is -0.302 e. The molecule has 0 fully saturated rings. The minimum absolute atomic E-state index is 0.0552. The average Bonchev–Trinajstić information content (AvgIpc) is 2.01. The molecule has 1 nitrogen and oxygen atoms in total. The van der Waals surface area contributed by atoms with Crippen molar-refractivity contribution in [3.05, 3.63) is 23.8 Å². The van der Waals surface area contributed by atoms with E-state index in [0.29, 0.717) is 5.92 Å². The third kappa shape index (κ3) is 1.97. The molecule has 14 heavy (non-hydrogen) atoms. The third-order valence-corrected chi connectivity index (χ3v) is 3.05. The third-order valence-electron chi connectivity index (χ3n) is 3.05. The van der Waals surface area contributed by atoms with Gasteiger partial charge in [0.05, 0.1) is 5.92 Å². The lowest BCUT2D eigenvalue weighted by atomic mass is 9.67. The molecule has 0 N–H and O–H groups in total. The van der Waals surface area contributed by atoms with Gasteiger partial charge in [-0.05, 0) is 17.8 Å². The van der Waals surface area contributed by atoms with Gasteiger partial charge in [-0.25, -0.2) is 0 Å². The van der Waals surface area contributed by atoms with Crippen LogP contribution in [0.4, 0.5) is 0 Å². The Hall–Kier alpha value is -0.850. The zero-order valence-electron chi connectivity index (χ0n) is 9.63. The summed E-state index contributed by atoms with van der Waals surface area (Å²) in [6.45, 7) is 12.8. The molecule has 0 amide bonds. The second-order valence-corrected chi connectivity index (χ2v) is 5.16. The lowest BCUT2D eigenvalue weighted by molar-refractivity contribution is -0.109. The molecule has 0 saturated carbocycles. The van der Waals surface area contributed by atoms with Crippen molar-refractivity contribution in [3.63, 3.8) is 0 Å². The van der Waals surface area contributed by atoms with E-state index in [1.807, 2.05) is 0 Å². The van der Waals surface area contributed by atoms with E-state index in [1.165, 1.54) is 5.57 Å². The first-order valence-electron chi connectivity index (χ1n) is 5.23. The van der Waals surface area contributed by atoms with Crippen LogP contribution in [0.1, 0.15) is 34.1 Å². The minimum atomic E-state index is -0.0552. The van der Waals surface area contributed by atoms with Crippen LogP contribution in [0.25, 0.3) is 0 Å². The molecule has 0 aromatic rings. The van der Waals surface area contributed by atoms with E-state index in [2.05, 4.69) is 40.3 Å². The van der Waals surface area contributed by atoms with Gasteiger partial charge in [-0.2, -0.15) is 0 Å². The van der Waals surface area contributed by atoms with E-state index in [4.69, 9.17) is 0 Å². The molecule has 0 aromatic heterocycles. The van der Waals surface area contributed by atoms with Crippen molar-refractivity contribution >= 4 is 6.29 Å². The summed E-state index contributed by atoms with van der Waals surface area (Å²) in [5.74, 6) is 0.459. The second-order valence-electron chi connectivity index (χ2n) is 5.16. The maximum atomic E-state index is 10.8. The maximum absolute atomic E-state index is 10.8. The highest BCUT2D eigenvalue weighted by molar-refractivity contribution is 5.63. The molecular formula is C13H20O. The summed E-state index contributed by atoms with van der Waals surface area (Å²) in [4.78, 5) is 10.8. The molecule has 0 spiro atoms. The van der Waals surface area contributed by atoms with Crippen molar-refractivity contribution in [1.29, 1.82) is 0 Å². The Kier molecular flexibility index (Phi) is 2.98. The van der Waals surface area contributed by atoms with E-state index in [9.17, 15) is 4.79 Å². The fourth-order valence-corrected chi connectivity index (χ4v) is 2.43. The van der Waals surface area contributed by atoms with Crippen LogP contribution in [0.5, 0.6) is 0 Å². The number of hydrogen-bond donors (Lipinski definition) is 0. The van der Waals surface area contributed by atoms with Crippen LogP contribution in [0.3, 0.4) is 0 Å². The topological polar surface area (TPSA) is 17.1 Å². The van der Waals surface area contributed by atoms with Crippen LogP contribution < -0.4 is 0 Å². The summed E-state index contributed by atoms with van der Waals surface area (Å²) in [5, 5.41) is 0. The zero-order chi connectivity index (χ0) is 10.9. The Labute approximate surface area is 86.9 Å². The highest BCUT2D eigenvalue weighted by atomic mass is 16.1. The summed E-state index contributed by atoms with van der Waals surface area (Å²) in [5.41, 5.74) is 2.61. The largest absolute Gasteiger partial charge is 0.302 e. The average molecular weight is 192 g/mol. The normalized spacial score (nSPS) is 26.2. The predicted molar refractivity (Wildman–Crippen MR) is 60.0 cm³/mol. The molecule has 1 atom stereocenters. The Morgan fingerprint density at radius 1 is 1.57 bits per heavy atom. The second kappa shape index (κ2) is 3.72. The Morgan fingerprint density at radius 2 is 2.14 bits per heavy atom. The molecule has 0 radical (unpaired) electrons. The van der Waals surface area contributed by atoms with Crippen LogP contribution >= 0.6 is 0 Å². The van der Waals surface area contributed by atoms with Crippen LogP contribution in [-0.4, -0.2) is 6.29 Å². The zero-order valence-corrected chi connectivity index (χ0v) is 9.63. The molecule has 1 heteroatoms. The molecule has 1 rings (SSSR count). The SMILES string of the molecule is C=C1CC(C)(C)C(C(C)C)=CC1C=O. The maximum Gasteiger partial charge on any atom is 0.130 e. The number of carbonyl (C=O) groups excluding carboxylic acids is 1. The summed E-state index contributed by atoms with van der Waals surface area (Å²) in [6.07, 6.45) is 4.03. The van der Waals surface area contributed by atoms with Gasteiger partial charge in [-0.3, -0.25) is 0 Å². The monoisotopic (exact) mass is 192 g/mol. The van der Waals surface area contributed by atoms with Crippen molar-refractivity contribution in [2.24, 2.45) is 17.3 Å². The van der Waals surface area contributed by atoms with E-state index < -0.39 is 0 Å². The van der Waals surface area contributed by atoms with Crippen LogP contribution in [0.2, 0.25) is 0 Å². The first kappa shape index (κ1) is 11.2. The number of allylic oxidation sites excluding steroid dienone is 3. The molecule has 0 bridgehead atoms. The Bertz CT molecular complexity index is 282. The highest BCUT2D eigenvalue weighted by Crippen LogP contribution is 2.43. The lowest BCUT2D eigenvalue weighted by Gasteiger charge is -2.37. The summed E-state index contributed by atoms with van der Waals surface area (Å²) in [7, 11) is 0. The molecule has 1 unspecified atom stereocenters. The Balaban J connectivity index is 3.09. The van der Waals surface area contributed by atoms with Gasteiger partial charge in [0.1, 0.15) is 6.29 Å². The molecule has 0 heterocycles. The van der Waals surface area contributed by atoms with Gasteiger partial charge >= 0.3 is 0 Å². The number of carbonyl (C=O) groups is 1. The molecule has 1 aliphatic carbocycles. The lowest BCUT2D eigenvalue weighted by Crippen LogP contribution is -2.26. The molecule has 78 valence electrons. The molecule has 1 aliphatic rings. The molecule has 0 aliphatic heterocycles. The van der Waals surface area contributed by atoms with Gasteiger partial charge in [-0.1, -0.05) is 51.5 Å². The van der Waals surface area contributed by atoms with Crippen LogP contribution in [0, 0.1) is 17.3 Å². The van der Waals surface area contributed by atoms with Crippen LogP contribution in [-0.2, 0) is 4.79 Å². The van der Waals surface area contributed by atoms with Crippen molar-refractivity contribution in [2.75, 3.05) is 0 Å². The summed E-state index contributed by atoms with van der Waals surface area (Å²) >= 11 is 0. The number of hydrogen-bond acceptors (Lipinski definition) is 1. The molecule has 0 aromatic carbocycles.